The maximum Gasteiger partial charge on any atom is 0.417 e. The van der Waals surface area contributed by atoms with Crippen LogP contribution in [0.15, 0.2) is 46.2 Å². The molecule has 5 nitrogen and oxygen atoms in total. The maximum absolute atomic E-state index is 13.0. The van der Waals surface area contributed by atoms with Gasteiger partial charge in [0.15, 0.2) is 0 Å². The molecule has 1 unspecified atom stereocenters. The van der Waals surface area contributed by atoms with Crippen molar-refractivity contribution in [3.63, 3.8) is 0 Å². The normalized spacial score (nSPS) is 17.0. The van der Waals surface area contributed by atoms with Crippen LogP contribution in [0.3, 0.4) is 0 Å². The number of sulfonamides is 1. The molecule has 1 atom stereocenters. The monoisotopic (exact) mass is 464 g/mol. The summed E-state index contributed by atoms with van der Waals surface area (Å²) in [5, 5.41) is -0.390. The van der Waals surface area contributed by atoms with E-state index in [0.29, 0.717) is 18.3 Å². The van der Waals surface area contributed by atoms with E-state index < -0.39 is 26.8 Å². The maximum atomic E-state index is 13.0. The zero-order chi connectivity index (χ0) is 21.6. The second-order valence-electron chi connectivity index (χ2n) is 6.49. The van der Waals surface area contributed by atoms with Gasteiger partial charge in [0.2, 0.25) is 5.91 Å². The third-order valence-electron chi connectivity index (χ3n) is 4.20. The van der Waals surface area contributed by atoms with Crippen molar-refractivity contribution in [3.05, 3.63) is 47.0 Å². The van der Waals surface area contributed by atoms with Crippen molar-refractivity contribution in [2.75, 3.05) is 16.2 Å². The lowest BCUT2D eigenvalue weighted by atomic mass is 10.2. The minimum Gasteiger partial charge on any atom is -0.310 e. The Labute approximate surface area is 175 Å². The molecule has 0 fully saturated rings. The lowest BCUT2D eigenvalue weighted by molar-refractivity contribution is -0.137. The Hall–Kier alpha value is -1.91. The van der Waals surface area contributed by atoms with Crippen LogP contribution < -0.4 is 9.62 Å². The summed E-state index contributed by atoms with van der Waals surface area (Å²) in [6, 6.07) is 7.04. The van der Waals surface area contributed by atoms with Crippen molar-refractivity contribution < 1.29 is 26.4 Å². The average Bonchev–Trinajstić information content (AvgIpc) is 2.61. The molecule has 1 heterocycles. The quantitative estimate of drug-likeness (QED) is 0.693. The number of alkyl halides is 3. The van der Waals surface area contributed by atoms with Gasteiger partial charge in [-0.2, -0.15) is 13.2 Å². The molecule has 3 rings (SSSR count). The van der Waals surface area contributed by atoms with Crippen LogP contribution in [0.5, 0.6) is 0 Å². The second-order valence-corrected chi connectivity index (χ2v) is 10.1. The van der Waals surface area contributed by atoms with Crippen LogP contribution in [0.2, 0.25) is 5.02 Å². The van der Waals surface area contributed by atoms with Gasteiger partial charge in [0.1, 0.15) is 0 Å². The first-order valence-electron chi connectivity index (χ1n) is 8.37. The third kappa shape index (κ3) is 4.65. The smallest absolute Gasteiger partial charge is 0.310 e. The largest absolute Gasteiger partial charge is 0.417 e. The number of carbonyl (C=O) groups excluding carboxylic acids is 1. The molecule has 0 radical (unpaired) electrons. The molecule has 1 N–H and O–H groups in total. The number of nitrogens with zero attached hydrogens (tertiary/aromatic N) is 1. The van der Waals surface area contributed by atoms with Gasteiger partial charge in [0.05, 0.1) is 21.2 Å². The number of rotatable bonds is 3. The fourth-order valence-corrected chi connectivity index (χ4v) is 5.29. The molecule has 0 spiro atoms. The molecule has 29 heavy (non-hydrogen) atoms. The topological polar surface area (TPSA) is 66.5 Å². The van der Waals surface area contributed by atoms with E-state index in [4.69, 9.17) is 11.6 Å². The third-order valence-corrected chi connectivity index (χ3v) is 7.06. The first-order chi connectivity index (χ1) is 13.4. The van der Waals surface area contributed by atoms with E-state index in [-0.39, 0.29) is 21.7 Å². The number of carbonyl (C=O) groups is 1. The molecule has 1 amide bonds. The summed E-state index contributed by atoms with van der Waals surface area (Å²) >= 11 is 7.08. The van der Waals surface area contributed by atoms with E-state index in [0.717, 1.165) is 17.0 Å². The number of anilines is 2. The number of nitrogens with one attached hydrogen (secondary N) is 1. The van der Waals surface area contributed by atoms with Crippen molar-refractivity contribution in [1.29, 1.82) is 0 Å². The Bertz CT molecular complexity index is 1070. The van der Waals surface area contributed by atoms with Gasteiger partial charge in [0, 0.05) is 29.3 Å². The molecule has 11 heteroatoms. The minimum absolute atomic E-state index is 0.141. The number of thioether (sulfide) groups is 1. The van der Waals surface area contributed by atoms with Crippen molar-refractivity contribution in [3.8, 4) is 0 Å². The van der Waals surface area contributed by atoms with E-state index in [1.54, 1.807) is 6.07 Å². The van der Waals surface area contributed by atoms with Crippen LogP contribution in [0, 0.1) is 0 Å². The van der Waals surface area contributed by atoms with Crippen molar-refractivity contribution >= 4 is 50.7 Å². The Morgan fingerprint density at radius 2 is 1.93 bits per heavy atom. The van der Waals surface area contributed by atoms with Crippen molar-refractivity contribution in [2.45, 2.75) is 35.1 Å². The number of benzene rings is 2. The summed E-state index contributed by atoms with van der Waals surface area (Å²) < 4.78 is 66.7. The molecule has 0 aliphatic carbocycles. The SMILES string of the molecule is CC(=O)N1CC(C)Sc2ccc(S(=O)(=O)Nc3ccc(Cl)c(C(F)(F)F)c3)cc21. The number of hydrogen-bond donors (Lipinski definition) is 1. The van der Waals surface area contributed by atoms with Gasteiger partial charge in [-0.15, -0.1) is 11.8 Å². The summed E-state index contributed by atoms with van der Waals surface area (Å²) in [5.41, 5.74) is -0.959. The van der Waals surface area contributed by atoms with Gasteiger partial charge < -0.3 is 4.90 Å². The zero-order valence-corrected chi connectivity index (χ0v) is 17.6. The van der Waals surface area contributed by atoms with E-state index in [9.17, 15) is 26.4 Å². The molecule has 1 aliphatic heterocycles. The highest BCUT2D eigenvalue weighted by Crippen LogP contribution is 2.40. The molecule has 2 aromatic carbocycles. The minimum atomic E-state index is -4.72. The number of hydrogen-bond acceptors (Lipinski definition) is 4. The lowest BCUT2D eigenvalue weighted by Gasteiger charge is -2.32. The molecule has 2 aromatic rings. The van der Waals surface area contributed by atoms with Crippen molar-refractivity contribution in [2.24, 2.45) is 0 Å². The van der Waals surface area contributed by atoms with Crippen LogP contribution in [0.1, 0.15) is 19.4 Å². The second kappa shape index (κ2) is 7.73. The van der Waals surface area contributed by atoms with E-state index in [2.05, 4.69) is 4.72 Å². The fourth-order valence-electron chi connectivity index (χ4n) is 2.90. The molecular weight excluding hydrogens is 449 g/mol. The van der Waals surface area contributed by atoms with E-state index in [1.807, 2.05) is 6.92 Å². The highest BCUT2D eigenvalue weighted by molar-refractivity contribution is 8.00. The zero-order valence-electron chi connectivity index (χ0n) is 15.2. The summed E-state index contributed by atoms with van der Waals surface area (Å²) in [5.74, 6) is -0.228. The predicted molar refractivity (Wildman–Crippen MR) is 107 cm³/mol. The molecule has 1 aliphatic rings. The van der Waals surface area contributed by atoms with Gasteiger partial charge in [0.25, 0.3) is 10.0 Å². The Balaban J connectivity index is 1.97. The molecule has 0 saturated heterocycles. The Morgan fingerprint density at radius 3 is 2.55 bits per heavy atom. The summed E-state index contributed by atoms with van der Waals surface area (Å²) in [6.07, 6.45) is -4.72. The Kier molecular flexibility index (Phi) is 5.81. The van der Waals surface area contributed by atoms with Crippen LogP contribution in [0.25, 0.3) is 0 Å². The first kappa shape index (κ1) is 21.8. The number of halogens is 4. The van der Waals surface area contributed by atoms with Crippen LogP contribution in [0.4, 0.5) is 24.5 Å². The summed E-state index contributed by atoms with van der Waals surface area (Å²) in [4.78, 5) is 14.0. The first-order valence-corrected chi connectivity index (χ1v) is 11.1. The van der Waals surface area contributed by atoms with Gasteiger partial charge in [-0.05, 0) is 36.4 Å². The molecule has 0 aromatic heterocycles. The highest BCUT2D eigenvalue weighted by atomic mass is 35.5. The number of amides is 1. The molecular formula is C18H16ClF3N2O3S2. The summed E-state index contributed by atoms with van der Waals surface area (Å²) in [7, 11) is -4.19. The number of fused-ring (bicyclic) bond motifs is 1. The fraction of sp³-hybridized carbons (Fsp3) is 0.278. The highest BCUT2D eigenvalue weighted by Gasteiger charge is 2.34. The van der Waals surface area contributed by atoms with Crippen LogP contribution in [-0.2, 0) is 21.0 Å². The molecule has 0 saturated carbocycles. The van der Waals surface area contributed by atoms with Gasteiger partial charge in [-0.3, -0.25) is 9.52 Å². The van der Waals surface area contributed by atoms with E-state index >= 15 is 0 Å². The standard InChI is InChI=1S/C18H16ClF3N2O3S2/c1-10-9-24(11(2)25)16-8-13(4-6-17(16)28-10)29(26,27)23-12-3-5-15(19)14(7-12)18(20,21)22/h3-8,10,23H,9H2,1-2H3. The molecule has 0 bridgehead atoms. The summed E-state index contributed by atoms with van der Waals surface area (Å²) in [6.45, 7) is 3.77. The van der Waals surface area contributed by atoms with Gasteiger partial charge in [-0.1, -0.05) is 18.5 Å². The van der Waals surface area contributed by atoms with Gasteiger partial charge >= 0.3 is 6.18 Å². The van der Waals surface area contributed by atoms with Crippen LogP contribution >= 0.6 is 23.4 Å². The van der Waals surface area contributed by atoms with Crippen molar-refractivity contribution in [1.82, 2.24) is 0 Å². The van der Waals surface area contributed by atoms with Gasteiger partial charge in [-0.25, -0.2) is 8.42 Å². The van der Waals surface area contributed by atoms with Crippen LogP contribution in [-0.4, -0.2) is 26.1 Å². The Morgan fingerprint density at radius 1 is 1.24 bits per heavy atom. The van der Waals surface area contributed by atoms with E-state index in [1.165, 1.54) is 35.7 Å². The molecule has 156 valence electrons. The predicted octanol–water partition coefficient (Wildman–Crippen LogP) is 5.01. The lowest BCUT2D eigenvalue weighted by Crippen LogP contribution is -2.37. The average molecular weight is 465 g/mol.